The molecule has 0 aromatic carbocycles. The highest BCUT2D eigenvalue weighted by molar-refractivity contribution is 5.98. The van der Waals surface area contributed by atoms with Crippen molar-refractivity contribution in [2.45, 2.75) is 51.4 Å². The lowest BCUT2D eigenvalue weighted by Crippen LogP contribution is -2.50. The Labute approximate surface area is 114 Å². The maximum Gasteiger partial charge on any atom is 0.229 e. The zero-order chi connectivity index (χ0) is 13.3. The number of carbonyl (C=O) groups is 2. The molecule has 0 bridgehead atoms. The van der Waals surface area contributed by atoms with E-state index in [4.69, 9.17) is 0 Å². The Morgan fingerprint density at radius 1 is 1.11 bits per heavy atom. The summed E-state index contributed by atoms with van der Waals surface area (Å²) in [4.78, 5) is 26.3. The third-order valence-corrected chi connectivity index (χ3v) is 5.17. The lowest BCUT2D eigenvalue weighted by Gasteiger charge is -2.42. The fourth-order valence-corrected chi connectivity index (χ4v) is 4.02. The van der Waals surface area contributed by atoms with Crippen molar-refractivity contribution >= 4 is 11.8 Å². The second-order valence-electron chi connectivity index (χ2n) is 6.67. The number of hydrogen-bond acceptors (Lipinski definition) is 3. The second-order valence-corrected chi connectivity index (χ2v) is 6.67. The maximum absolute atomic E-state index is 12.4. The van der Waals surface area contributed by atoms with Gasteiger partial charge in [-0.05, 0) is 43.7 Å². The van der Waals surface area contributed by atoms with Crippen LogP contribution < -0.4 is 5.32 Å². The van der Waals surface area contributed by atoms with Crippen molar-refractivity contribution in [1.82, 2.24) is 10.2 Å². The molecule has 0 radical (unpaired) electrons. The third kappa shape index (κ3) is 2.69. The van der Waals surface area contributed by atoms with E-state index in [0.717, 1.165) is 32.4 Å². The van der Waals surface area contributed by atoms with Crippen LogP contribution in [0.2, 0.25) is 0 Å². The van der Waals surface area contributed by atoms with Crippen LogP contribution in [0.25, 0.3) is 0 Å². The minimum Gasteiger partial charge on any atom is -0.316 e. The summed E-state index contributed by atoms with van der Waals surface area (Å²) in [5.41, 5.74) is 0.0246. The quantitative estimate of drug-likeness (QED) is 0.772. The van der Waals surface area contributed by atoms with E-state index in [0.29, 0.717) is 25.3 Å². The van der Waals surface area contributed by atoms with Gasteiger partial charge in [-0.15, -0.1) is 0 Å². The summed E-state index contributed by atoms with van der Waals surface area (Å²) in [6, 6.07) is 0. The van der Waals surface area contributed by atoms with Gasteiger partial charge in [0.15, 0.2) is 0 Å². The summed E-state index contributed by atoms with van der Waals surface area (Å²) < 4.78 is 0. The highest BCUT2D eigenvalue weighted by Crippen LogP contribution is 2.45. The van der Waals surface area contributed by atoms with E-state index in [1.807, 2.05) is 0 Å². The van der Waals surface area contributed by atoms with E-state index in [2.05, 4.69) is 5.32 Å². The molecule has 2 saturated heterocycles. The van der Waals surface area contributed by atoms with Gasteiger partial charge in [-0.3, -0.25) is 14.5 Å². The molecule has 0 aromatic heterocycles. The predicted octanol–water partition coefficient (Wildman–Crippen LogP) is 1.70. The number of likely N-dealkylation sites (tertiary alicyclic amines) is 1. The van der Waals surface area contributed by atoms with E-state index in [-0.39, 0.29) is 17.2 Å². The van der Waals surface area contributed by atoms with Crippen LogP contribution in [0, 0.1) is 11.3 Å². The molecule has 1 N–H and O–H groups in total. The maximum atomic E-state index is 12.4. The van der Waals surface area contributed by atoms with Crippen molar-refractivity contribution in [3.8, 4) is 0 Å². The van der Waals surface area contributed by atoms with Crippen molar-refractivity contribution < 1.29 is 9.59 Å². The van der Waals surface area contributed by atoms with E-state index < -0.39 is 0 Å². The van der Waals surface area contributed by atoms with E-state index in [1.165, 1.54) is 19.3 Å². The van der Waals surface area contributed by atoms with Crippen molar-refractivity contribution in [2.24, 2.45) is 11.3 Å². The number of piperidine rings is 1. The Hall–Kier alpha value is -0.900. The van der Waals surface area contributed by atoms with Crippen LogP contribution in [0.3, 0.4) is 0 Å². The average molecular weight is 264 g/mol. The molecule has 106 valence electrons. The van der Waals surface area contributed by atoms with Gasteiger partial charge in [0.1, 0.15) is 0 Å². The first-order valence-electron chi connectivity index (χ1n) is 7.72. The monoisotopic (exact) mass is 264 g/mol. The van der Waals surface area contributed by atoms with Gasteiger partial charge in [-0.25, -0.2) is 0 Å². The zero-order valence-corrected chi connectivity index (χ0v) is 11.6. The standard InChI is InChI=1S/C15H24N2O2/c18-13-8-15(5-2-1-3-6-15)9-14(19)17(13)11-12-4-7-16-10-12/h12,16H,1-11H2. The molecule has 3 fully saturated rings. The van der Waals surface area contributed by atoms with Gasteiger partial charge >= 0.3 is 0 Å². The normalized spacial score (nSPS) is 31.2. The van der Waals surface area contributed by atoms with Crippen molar-refractivity contribution in [3.05, 3.63) is 0 Å². The van der Waals surface area contributed by atoms with Gasteiger partial charge in [-0.2, -0.15) is 0 Å². The van der Waals surface area contributed by atoms with Crippen molar-refractivity contribution in [2.75, 3.05) is 19.6 Å². The Kier molecular flexibility index (Phi) is 3.61. The van der Waals surface area contributed by atoms with E-state index in [1.54, 1.807) is 4.90 Å². The number of amides is 2. The molecule has 1 unspecified atom stereocenters. The van der Waals surface area contributed by atoms with Gasteiger partial charge in [0.25, 0.3) is 0 Å². The first-order chi connectivity index (χ1) is 9.19. The topological polar surface area (TPSA) is 49.4 Å². The number of imide groups is 1. The first kappa shape index (κ1) is 13.1. The van der Waals surface area contributed by atoms with Gasteiger partial charge < -0.3 is 5.32 Å². The number of nitrogens with zero attached hydrogens (tertiary/aromatic N) is 1. The Bertz CT molecular complexity index is 348. The minimum absolute atomic E-state index is 0.0246. The van der Waals surface area contributed by atoms with Crippen molar-refractivity contribution in [1.29, 1.82) is 0 Å². The van der Waals surface area contributed by atoms with Crippen LogP contribution in [-0.4, -0.2) is 36.3 Å². The third-order valence-electron chi connectivity index (χ3n) is 5.17. The SMILES string of the molecule is O=C1CC2(CCCCC2)CC(=O)N1CC1CCNC1. The van der Waals surface area contributed by atoms with Crippen LogP contribution in [0.4, 0.5) is 0 Å². The lowest BCUT2D eigenvalue weighted by atomic mass is 9.67. The highest BCUT2D eigenvalue weighted by Gasteiger charge is 2.44. The molecule has 3 rings (SSSR count). The molecular formula is C15H24N2O2. The summed E-state index contributed by atoms with van der Waals surface area (Å²) in [5.74, 6) is 0.642. The first-order valence-corrected chi connectivity index (χ1v) is 7.72. The Morgan fingerprint density at radius 3 is 2.37 bits per heavy atom. The number of nitrogens with one attached hydrogen (secondary N) is 1. The summed E-state index contributed by atoms with van der Waals surface area (Å²) in [6.45, 7) is 2.60. The molecule has 3 aliphatic rings. The molecular weight excluding hydrogens is 240 g/mol. The molecule has 1 aliphatic carbocycles. The molecule has 19 heavy (non-hydrogen) atoms. The second kappa shape index (κ2) is 5.23. The largest absolute Gasteiger partial charge is 0.316 e. The average Bonchev–Trinajstić information content (AvgIpc) is 2.88. The minimum atomic E-state index is 0.0246. The number of rotatable bonds is 2. The number of hydrogen-bond donors (Lipinski definition) is 1. The van der Waals surface area contributed by atoms with Crippen LogP contribution in [0.5, 0.6) is 0 Å². The van der Waals surface area contributed by atoms with Crippen LogP contribution >= 0.6 is 0 Å². The molecule has 1 atom stereocenters. The number of carbonyl (C=O) groups excluding carboxylic acids is 2. The van der Waals surface area contributed by atoms with Crippen molar-refractivity contribution in [3.63, 3.8) is 0 Å². The zero-order valence-electron chi connectivity index (χ0n) is 11.6. The van der Waals surface area contributed by atoms with Crippen LogP contribution in [-0.2, 0) is 9.59 Å². The molecule has 4 nitrogen and oxygen atoms in total. The molecule has 2 amide bonds. The van der Waals surface area contributed by atoms with E-state index >= 15 is 0 Å². The predicted molar refractivity (Wildman–Crippen MR) is 72.4 cm³/mol. The summed E-state index contributed by atoms with van der Waals surface area (Å²) in [5, 5.41) is 3.30. The fraction of sp³-hybridized carbons (Fsp3) is 0.867. The summed E-state index contributed by atoms with van der Waals surface area (Å²) >= 11 is 0. The van der Waals surface area contributed by atoms with Crippen LogP contribution in [0.1, 0.15) is 51.4 Å². The highest BCUT2D eigenvalue weighted by atomic mass is 16.2. The van der Waals surface area contributed by atoms with Gasteiger partial charge in [0.2, 0.25) is 11.8 Å². The molecule has 2 heterocycles. The molecule has 1 saturated carbocycles. The summed E-state index contributed by atoms with van der Waals surface area (Å²) in [6.07, 6.45) is 8.09. The van der Waals surface area contributed by atoms with Gasteiger partial charge in [0.05, 0.1) is 0 Å². The van der Waals surface area contributed by atoms with Gasteiger partial charge in [-0.1, -0.05) is 19.3 Å². The lowest BCUT2D eigenvalue weighted by molar-refractivity contribution is -0.155. The smallest absolute Gasteiger partial charge is 0.229 e. The Morgan fingerprint density at radius 2 is 1.79 bits per heavy atom. The molecule has 2 aliphatic heterocycles. The molecule has 0 aromatic rings. The molecule has 4 heteroatoms. The van der Waals surface area contributed by atoms with Gasteiger partial charge in [0, 0.05) is 19.4 Å². The summed E-state index contributed by atoms with van der Waals surface area (Å²) in [7, 11) is 0. The fourth-order valence-electron chi connectivity index (χ4n) is 4.02. The van der Waals surface area contributed by atoms with E-state index in [9.17, 15) is 9.59 Å². The molecule has 1 spiro atoms. The van der Waals surface area contributed by atoms with Crippen LogP contribution in [0.15, 0.2) is 0 Å². The Balaban J connectivity index is 1.65.